The zero-order chi connectivity index (χ0) is 19.2. The molecular formula is C20H20N4O3. The molecule has 1 aliphatic heterocycles. The monoisotopic (exact) mass is 364 g/mol. The Balaban J connectivity index is 1.59. The predicted molar refractivity (Wildman–Crippen MR) is 101 cm³/mol. The average molecular weight is 364 g/mol. The smallest absolute Gasteiger partial charge is 0.339 e. The number of nitrogens with zero attached hydrogens (tertiary/aromatic N) is 3. The van der Waals surface area contributed by atoms with E-state index in [9.17, 15) is 9.59 Å². The molecule has 2 aromatic heterocycles. The van der Waals surface area contributed by atoms with Gasteiger partial charge in [-0.3, -0.25) is 4.79 Å². The molecule has 4 rings (SSSR count). The van der Waals surface area contributed by atoms with Crippen molar-refractivity contribution in [1.29, 1.82) is 0 Å². The molecule has 0 radical (unpaired) electrons. The second kappa shape index (κ2) is 6.19. The lowest BCUT2D eigenvalue weighted by molar-refractivity contribution is -0.134. The van der Waals surface area contributed by atoms with Gasteiger partial charge in [0.25, 0.3) is 5.91 Å². The molecule has 1 N–H and O–H groups in total. The molecule has 0 saturated heterocycles. The second-order valence-electron chi connectivity index (χ2n) is 7.23. The maximum absolute atomic E-state index is 12.9. The number of aromatic nitrogens is 3. The second-order valence-corrected chi connectivity index (χ2v) is 7.23. The van der Waals surface area contributed by atoms with E-state index in [4.69, 9.17) is 4.74 Å². The van der Waals surface area contributed by atoms with Gasteiger partial charge in [-0.15, -0.1) is 0 Å². The Morgan fingerprint density at radius 3 is 2.85 bits per heavy atom. The van der Waals surface area contributed by atoms with Crippen molar-refractivity contribution in [2.75, 3.05) is 5.32 Å². The van der Waals surface area contributed by atoms with E-state index in [1.165, 1.54) is 0 Å². The molecule has 1 unspecified atom stereocenters. The Kier molecular flexibility index (Phi) is 3.95. The van der Waals surface area contributed by atoms with Crippen LogP contribution < -0.4 is 5.32 Å². The molecule has 7 nitrogen and oxygen atoms in total. The molecule has 0 bridgehead atoms. The molecule has 1 amide bonds. The summed E-state index contributed by atoms with van der Waals surface area (Å²) < 4.78 is 7.29. The molecular weight excluding hydrogens is 344 g/mol. The number of benzene rings is 1. The lowest BCUT2D eigenvalue weighted by atomic mass is 9.89. The van der Waals surface area contributed by atoms with Crippen molar-refractivity contribution in [3.63, 3.8) is 0 Å². The molecule has 3 aromatic rings. The van der Waals surface area contributed by atoms with Crippen LogP contribution in [0.5, 0.6) is 0 Å². The first-order valence-corrected chi connectivity index (χ1v) is 8.83. The lowest BCUT2D eigenvalue weighted by Gasteiger charge is -2.33. The van der Waals surface area contributed by atoms with Crippen LogP contribution in [0.4, 0.5) is 5.69 Å². The zero-order valence-corrected chi connectivity index (χ0v) is 15.4. The van der Waals surface area contributed by atoms with Gasteiger partial charge in [0, 0.05) is 17.8 Å². The Labute approximate surface area is 156 Å². The highest BCUT2D eigenvalue weighted by Crippen LogP contribution is 2.29. The summed E-state index contributed by atoms with van der Waals surface area (Å²) in [4.78, 5) is 29.5. The van der Waals surface area contributed by atoms with Crippen molar-refractivity contribution < 1.29 is 14.3 Å². The van der Waals surface area contributed by atoms with E-state index in [1.54, 1.807) is 31.5 Å². The summed E-state index contributed by atoms with van der Waals surface area (Å²) in [5, 5.41) is 7.98. The van der Waals surface area contributed by atoms with Gasteiger partial charge in [-0.2, -0.15) is 5.10 Å². The molecule has 0 spiro atoms. The van der Waals surface area contributed by atoms with Crippen LogP contribution in [0, 0.1) is 0 Å². The molecule has 1 atom stereocenters. The molecule has 3 heterocycles. The van der Waals surface area contributed by atoms with Crippen LogP contribution in [0.1, 0.15) is 42.7 Å². The quantitative estimate of drug-likeness (QED) is 0.722. The van der Waals surface area contributed by atoms with Crippen molar-refractivity contribution in [1.82, 2.24) is 14.8 Å². The molecule has 7 heteroatoms. The van der Waals surface area contributed by atoms with Crippen LogP contribution in [-0.4, -0.2) is 32.2 Å². The number of carbonyl (C=O) groups is 2. The van der Waals surface area contributed by atoms with Crippen LogP contribution in [0.25, 0.3) is 11.0 Å². The fourth-order valence-corrected chi connectivity index (χ4v) is 3.31. The van der Waals surface area contributed by atoms with E-state index in [0.717, 1.165) is 16.6 Å². The SMILES string of the molecule is CC(C)n1ncc2cc(NC(=O)C3(C)Cc4ccccc4C(=O)O3)cnc21. The number of rotatable bonds is 3. The third-order valence-electron chi connectivity index (χ3n) is 4.74. The summed E-state index contributed by atoms with van der Waals surface area (Å²) in [5.74, 6) is -0.871. The number of hydrogen-bond acceptors (Lipinski definition) is 5. The summed E-state index contributed by atoms with van der Waals surface area (Å²) in [6, 6.07) is 9.18. The number of cyclic esters (lactones) is 1. The summed E-state index contributed by atoms with van der Waals surface area (Å²) in [7, 11) is 0. The topological polar surface area (TPSA) is 86.1 Å². The number of esters is 1. The Morgan fingerprint density at radius 1 is 1.30 bits per heavy atom. The number of carbonyl (C=O) groups excluding carboxylic acids is 2. The number of ether oxygens (including phenoxy) is 1. The summed E-state index contributed by atoms with van der Waals surface area (Å²) >= 11 is 0. The molecule has 27 heavy (non-hydrogen) atoms. The third-order valence-corrected chi connectivity index (χ3v) is 4.74. The van der Waals surface area contributed by atoms with Crippen molar-refractivity contribution >= 4 is 28.6 Å². The zero-order valence-electron chi connectivity index (χ0n) is 15.4. The largest absolute Gasteiger partial charge is 0.445 e. The normalized spacial score (nSPS) is 19.0. The van der Waals surface area contributed by atoms with Crippen molar-refractivity contribution in [3.8, 4) is 0 Å². The molecule has 138 valence electrons. The van der Waals surface area contributed by atoms with E-state index >= 15 is 0 Å². The third kappa shape index (κ3) is 2.95. The van der Waals surface area contributed by atoms with Crippen molar-refractivity contribution in [2.24, 2.45) is 0 Å². The minimum atomic E-state index is -1.28. The van der Waals surface area contributed by atoms with Crippen LogP contribution in [0.15, 0.2) is 42.7 Å². The summed E-state index contributed by atoms with van der Waals surface area (Å²) in [6.45, 7) is 5.68. The molecule has 1 aliphatic rings. The maximum Gasteiger partial charge on any atom is 0.339 e. The van der Waals surface area contributed by atoms with Gasteiger partial charge in [0.15, 0.2) is 11.2 Å². The molecule has 1 aromatic carbocycles. The van der Waals surface area contributed by atoms with E-state index < -0.39 is 11.6 Å². The highest BCUT2D eigenvalue weighted by molar-refractivity contribution is 6.03. The Bertz CT molecular complexity index is 1060. The first-order valence-electron chi connectivity index (χ1n) is 8.83. The van der Waals surface area contributed by atoms with E-state index in [1.807, 2.05) is 36.7 Å². The van der Waals surface area contributed by atoms with Crippen LogP contribution >= 0.6 is 0 Å². The van der Waals surface area contributed by atoms with Crippen LogP contribution in [0.3, 0.4) is 0 Å². The Hall–Kier alpha value is -3.22. The lowest BCUT2D eigenvalue weighted by Crippen LogP contribution is -2.48. The number of hydrogen-bond donors (Lipinski definition) is 1. The first-order chi connectivity index (χ1) is 12.9. The van der Waals surface area contributed by atoms with Crippen LogP contribution in [0.2, 0.25) is 0 Å². The number of anilines is 1. The van der Waals surface area contributed by atoms with Gasteiger partial charge >= 0.3 is 5.97 Å². The van der Waals surface area contributed by atoms with Gasteiger partial charge in [-0.25, -0.2) is 14.5 Å². The van der Waals surface area contributed by atoms with Crippen LogP contribution in [-0.2, 0) is 16.0 Å². The van der Waals surface area contributed by atoms with Crippen molar-refractivity contribution in [3.05, 3.63) is 53.9 Å². The summed E-state index contributed by atoms with van der Waals surface area (Å²) in [6.07, 6.45) is 3.63. The fraction of sp³-hybridized carbons (Fsp3) is 0.300. The van der Waals surface area contributed by atoms with Gasteiger partial charge in [0.2, 0.25) is 0 Å². The van der Waals surface area contributed by atoms with Gasteiger partial charge in [0.05, 0.1) is 23.6 Å². The predicted octanol–water partition coefficient (Wildman–Crippen LogP) is 3.12. The Morgan fingerprint density at radius 2 is 2.07 bits per heavy atom. The minimum Gasteiger partial charge on any atom is -0.445 e. The summed E-state index contributed by atoms with van der Waals surface area (Å²) in [5.41, 5.74) is 1.33. The first kappa shape index (κ1) is 17.2. The number of nitrogens with one attached hydrogen (secondary N) is 1. The number of amides is 1. The highest BCUT2D eigenvalue weighted by atomic mass is 16.6. The molecule has 0 aliphatic carbocycles. The average Bonchev–Trinajstić information content (AvgIpc) is 3.05. The minimum absolute atomic E-state index is 0.191. The van der Waals surface area contributed by atoms with E-state index in [0.29, 0.717) is 17.7 Å². The number of fused-ring (bicyclic) bond motifs is 2. The highest BCUT2D eigenvalue weighted by Gasteiger charge is 2.42. The standard InChI is InChI=1S/C20H20N4O3/c1-12(2)24-17-14(10-22-24)8-15(11-21-17)23-19(26)20(3)9-13-6-4-5-7-16(13)18(25)27-20/h4-8,10-12H,9H2,1-3H3,(H,23,26). The molecule has 0 saturated carbocycles. The van der Waals surface area contributed by atoms with Crippen molar-refractivity contribution in [2.45, 2.75) is 38.8 Å². The van der Waals surface area contributed by atoms with Gasteiger partial charge < -0.3 is 10.1 Å². The van der Waals surface area contributed by atoms with Gasteiger partial charge in [-0.05, 0) is 38.5 Å². The van der Waals surface area contributed by atoms with Gasteiger partial charge in [0.1, 0.15) is 0 Å². The van der Waals surface area contributed by atoms with Gasteiger partial charge in [-0.1, -0.05) is 18.2 Å². The number of pyridine rings is 1. The molecule has 0 fully saturated rings. The van der Waals surface area contributed by atoms with E-state index in [2.05, 4.69) is 15.4 Å². The fourth-order valence-electron chi connectivity index (χ4n) is 3.31. The van der Waals surface area contributed by atoms with E-state index in [-0.39, 0.29) is 11.9 Å². The maximum atomic E-state index is 12.9.